The maximum Gasteiger partial charge on any atom is 0.151 e. The van der Waals surface area contributed by atoms with Gasteiger partial charge in [-0.2, -0.15) is 0 Å². The van der Waals surface area contributed by atoms with Gasteiger partial charge in [0, 0.05) is 29.4 Å². The minimum absolute atomic E-state index is 0.206. The van der Waals surface area contributed by atoms with Gasteiger partial charge in [-0.3, -0.25) is 9.97 Å². The van der Waals surface area contributed by atoms with Crippen molar-refractivity contribution in [3.63, 3.8) is 0 Å². The van der Waals surface area contributed by atoms with Crippen molar-refractivity contribution in [1.29, 1.82) is 0 Å². The molecule has 0 saturated carbocycles. The van der Waals surface area contributed by atoms with E-state index in [1.807, 2.05) is 85.9 Å². The molecule has 0 unspecified atom stereocenters. The van der Waals surface area contributed by atoms with Crippen LogP contribution in [-0.2, 0) is 5.54 Å². The zero-order valence-electron chi connectivity index (χ0n) is 22.1. The molecule has 0 fully saturated rings. The van der Waals surface area contributed by atoms with Crippen molar-refractivity contribution in [2.75, 3.05) is 0 Å². The summed E-state index contributed by atoms with van der Waals surface area (Å²) in [4.78, 5) is 13.9. The molecule has 6 rings (SSSR count). The van der Waals surface area contributed by atoms with E-state index in [1.54, 1.807) is 18.5 Å². The number of allylic oxidation sites excluding steroid dienone is 5. The van der Waals surface area contributed by atoms with Crippen LogP contribution in [0.3, 0.4) is 0 Å². The van der Waals surface area contributed by atoms with Crippen LogP contribution in [-0.4, -0.2) is 19.5 Å². The molecule has 4 nitrogen and oxygen atoms in total. The fourth-order valence-corrected chi connectivity index (χ4v) is 5.56. The Labute approximate surface area is 232 Å². The van der Waals surface area contributed by atoms with Gasteiger partial charge in [0.25, 0.3) is 0 Å². The Morgan fingerprint density at radius 3 is 2.23 bits per heavy atom. The van der Waals surface area contributed by atoms with E-state index in [4.69, 9.17) is 4.98 Å². The number of halogens is 1. The second-order valence-corrected chi connectivity index (χ2v) is 9.42. The largest absolute Gasteiger partial charge is 0.307 e. The lowest BCUT2D eigenvalue weighted by Crippen LogP contribution is -2.38. The molecule has 4 heterocycles. The van der Waals surface area contributed by atoms with Crippen LogP contribution in [0.2, 0.25) is 0 Å². The first-order chi connectivity index (χ1) is 19.7. The Bertz CT molecular complexity index is 1850. The normalized spacial score (nSPS) is 12.4. The van der Waals surface area contributed by atoms with Crippen molar-refractivity contribution >= 4 is 21.9 Å². The predicted molar refractivity (Wildman–Crippen MR) is 160 cm³/mol. The average molecular weight is 523 g/mol. The highest BCUT2D eigenvalue weighted by atomic mass is 19.1. The van der Waals surface area contributed by atoms with E-state index in [0.717, 1.165) is 33.0 Å². The van der Waals surface area contributed by atoms with Gasteiger partial charge in [-0.25, -0.2) is 9.37 Å². The monoisotopic (exact) mass is 522 g/mol. The van der Waals surface area contributed by atoms with Crippen molar-refractivity contribution in [2.24, 2.45) is 0 Å². The van der Waals surface area contributed by atoms with E-state index in [0.29, 0.717) is 11.3 Å². The Balaban J connectivity index is 1.86. The van der Waals surface area contributed by atoms with Gasteiger partial charge in [0.05, 0.1) is 11.2 Å². The smallest absolute Gasteiger partial charge is 0.151 e. The molecule has 0 bridgehead atoms. The van der Waals surface area contributed by atoms with Crippen molar-refractivity contribution < 1.29 is 4.39 Å². The van der Waals surface area contributed by atoms with Gasteiger partial charge in [0.2, 0.25) is 0 Å². The Kier molecular flexibility index (Phi) is 6.62. The Morgan fingerprint density at radius 2 is 1.57 bits per heavy atom. The van der Waals surface area contributed by atoms with E-state index in [2.05, 4.69) is 51.5 Å². The quantitative estimate of drug-likeness (QED) is 0.198. The Morgan fingerprint density at radius 1 is 0.850 bits per heavy atom. The predicted octanol–water partition coefficient (Wildman–Crippen LogP) is 8.27. The third-order valence-electron chi connectivity index (χ3n) is 7.24. The van der Waals surface area contributed by atoms with Crippen LogP contribution in [0.5, 0.6) is 0 Å². The summed E-state index contributed by atoms with van der Waals surface area (Å²) in [5.74, 6) is -0.421. The first kappa shape index (κ1) is 25.1. The fourth-order valence-electron chi connectivity index (χ4n) is 5.56. The molecule has 5 heteroatoms. The molecule has 0 aliphatic rings. The molecular weight excluding hydrogens is 495 g/mol. The van der Waals surface area contributed by atoms with Gasteiger partial charge >= 0.3 is 0 Å². The lowest BCUT2D eigenvalue weighted by atomic mass is 9.75. The number of nitrogens with zero attached hydrogens (tertiary/aromatic N) is 4. The molecule has 0 N–H and O–H groups in total. The summed E-state index contributed by atoms with van der Waals surface area (Å²) in [6.07, 6.45) is 13.3. The number of hydrogen-bond acceptors (Lipinski definition) is 3. The minimum Gasteiger partial charge on any atom is -0.307 e. The van der Waals surface area contributed by atoms with Crippen molar-refractivity contribution in [2.45, 2.75) is 12.5 Å². The molecule has 194 valence electrons. The highest BCUT2D eigenvalue weighted by Gasteiger charge is 2.41. The summed E-state index contributed by atoms with van der Waals surface area (Å²) < 4.78 is 17.2. The van der Waals surface area contributed by atoms with Crippen molar-refractivity contribution in [1.82, 2.24) is 19.5 Å². The standard InChI is InChI=1S/C35H27FN4/c1-3-5-13-25(4-2)35(26-14-8-6-9-15-26,27-16-10-7-11-17-27)40-32-21-23-37-24-29(32)28-19-20-31(39-34(28)40)33-30(36)18-12-22-38-33/h3-24H,2H2,1H3/b5-3-,25-13+. The molecular formula is C35H27FN4. The van der Waals surface area contributed by atoms with Gasteiger partial charge in [-0.05, 0) is 54.0 Å². The number of aromatic nitrogens is 4. The first-order valence-electron chi connectivity index (χ1n) is 13.1. The summed E-state index contributed by atoms with van der Waals surface area (Å²) >= 11 is 0. The van der Waals surface area contributed by atoms with Crippen LogP contribution in [0.15, 0.2) is 146 Å². The highest BCUT2D eigenvalue weighted by Crippen LogP contribution is 2.46. The number of benzene rings is 2. The topological polar surface area (TPSA) is 43.6 Å². The summed E-state index contributed by atoms with van der Waals surface area (Å²) in [6.45, 7) is 6.26. The average Bonchev–Trinajstić information content (AvgIpc) is 3.34. The Hall–Kier alpha value is -5.16. The molecule has 0 atom stereocenters. The highest BCUT2D eigenvalue weighted by molar-refractivity contribution is 6.07. The molecule has 0 aliphatic heterocycles. The summed E-state index contributed by atoms with van der Waals surface area (Å²) in [5.41, 5.74) is 4.43. The lowest BCUT2D eigenvalue weighted by molar-refractivity contribution is 0.544. The fraction of sp³-hybridized carbons (Fsp3) is 0.0571. The van der Waals surface area contributed by atoms with Gasteiger partial charge in [-0.1, -0.05) is 91.5 Å². The molecule has 0 spiro atoms. The number of rotatable bonds is 7. The zero-order chi connectivity index (χ0) is 27.5. The third-order valence-corrected chi connectivity index (χ3v) is 7.24. The first-order valence-corrected chi connectivity index (χ1v) is 13.1. The molecule has 40 heavy (non-hydrogen) atoms. The molecule has 2 aromatic carbocycles. The maximum atomic E-state index is 14.9. The van der Waals surface area contributed by atoms with Gasteiger partial charge in [-0.15, -0.1) is 0 Å². The second kappa shape index (κ2) is 10.5. The number of fused-ring (bicyclic) bond motifs is 3. The van der Waals surface area contributed by atoms with Gasteiger partial charge in [0.15, 0.2) is 5.82 Å². The van der Waals surface area contributed by atoms with Crippen LogP contribution in [0.1, 0.15) is 18.1 Å². The SMILES string of the molecule is C=C/C(=C\C=C/C)C(c1ccccc1)(c1ccccc1)n1c2ccncc2c2ccc(-c3ncccc3F)nc21. The summed E-state index contributed by atoms with van der Waals surface area (Å²) in [5, 5.41) is 1.86. The van der Waals surface area contributed by atoms with Crippen LogP contribution < -0.4 is 0 Å². The van der Waals surface area contributed by atoms with Crippen LogP contribution in [0.25, 0.3) is 33.3 Å². The van der Waals surface area contributed by atoms with Gasteiger partial charge in [0.1, 0.15) is 16.9 Å². The minimum atomic E-state index is -0.876. The molecule has 0 amide bonds. The zero-order valence-corrected chi connectivity index (χ0v) is 22.1. The molecule has 0 radical (unpaired) electrons. The summed E-state index contributed by atoms with van der Waals surface area (Å²) in [6, 6.07) is 29.5. The van der Waals surface area contributed by atoms with E-state index in [9.17, 15) is 4.39 Å². The van der Waals surface area contributed by atoms with E-state index in [1.165, 1.54) is 6.07 Å². The van der Waals surface area contributed by atoms with Crippen LogP contribution in [0, 0.1) is 5.82 Å². The van der Waals surface area contributed by atoms with Gasteiger partial charge < -0.3 is 4.57 Å². The molecule has 6 aromatic rings. The third kappa shape index (κ3) is 3.95. The van der Waals surface area contributed by atoms with Crippen molar-refractivity contribution in [3.8, 4) is 11.4 Å². The van der Waals surface area contributed by atoms with E-state index < -0.39 is 11.4 Å². The lowest BCUT2D eigenvalue weighted by Gasteiger charge is -2.39. The van der Waals surface area contributed by atoms with E-state index >= 15 is 0 Å². The molecule has 0 saturated heterocycles. The van der Waals surface area contributed by atoms with E-state index in [-0.39, 0.29) is 5.69 Å². The van der Waals surface area contributed by atoms with Crippen LogP contribution >= 0.6 is 0 Å². The summed E-state index contributed by atoms with van der Waals surface area (Å²) in [7, 11) is 0. The molecule has 0 aliphatic carbocycles. The maximum absolute atomic E-state index is 14.9. The van der Waals surface area contributed by atoms with Crippen molar-refractivity contribution in [3.05, 3.63) is 163 Å². The molecule has 4 aromatic heterocycles. The number of hydrogen-bond donors (Lipinski definition) is 0. The van der Waals surface area contributed by atoms with Crippen LogP contribution in [0.4, 0.5) is 4.39 Å². The number of pyridine rings is 3. The second-order valence-electron chi connectivity index (χ2n) is 9.42.